The average molecular weight is 184 g/mol. The molecule has 0 aromatic heterocycles. The van der Waals surface area contributed by atoms with Gasteiger partial charge in [0.05, 0.1) is 0 Å². The number of hydrogen-bond donors (Lipinski definition) is 1. The van der Waals surface area contributed by atoms with Gasteiger partial charge in [-0.15, -0.1) is 0 Å². The Kier molecular flexibility index (Phi) is 3.74. The van der Waals surface area contributed by atoms with E-state index in [1.807, 2.05) is 0 Å². The van der Waals surface area contributed by atoms with Crippen LogP contribution in [0.4, 0.5) is 0 Å². The van der Waals surface area contributed by atoms with Gasteiger partial charge in [-0.25, -0.2) is 0 Å². The van der Waals surface area contributed by atoms with E-state index in [1.54, 1.807) is 0 Å². The molecule has 2 heteroatoms. The topological polar surface area (TPSA) is 29.3 Å². The summed E-state index contributed by atoms with van der Waals surface area (Å²) in [7, 11) is 4.36. The molecule has 0 aromatic rings. The zero-order valence-electron chi connectivity index (χ0n) is 9.34. The van der Waals surface area contributed by atoms with Crippen molar-refractivity contribution in [3.05, 3.63) is 0 Å². The Morgan fingerprint density at radius 1 is 1.38 bits per heavy atom. The zero-order chi connectivity index (χ0) is 9.90. The molecule has 0 radical (unpaired) electrons. The van der Waals surface area contributed by atoms with Crippen LogP contribution in [0.25, 0.3) is 0 Å². The fraction of sp³-hybridized carbons (Fsp3) is 1.00. The van der Waals surface area contributed by atoms with Crippen LogP contribution in [0.1, 0.15) is 39.0 Å². The second-order valence-electron chi connectivity index (χ2n) is 4.55. The largest absolute Gasteiger partial charge is 0.329 e. The second-order valence-corrected chi connectivity index (χ2v) is 4.55. The number of nitrogens with zero attached hydrogens (tertiary/aromatic N) is 1. The molecule has 2 atom stereocenters. The van der Waals surface area contributed by atoms with E-state index in [0.29, 0.717) is 5.54 Å². The first-order chi connectivity index (χ1) is 6.17. The lowest BCUT2D eigenvalue weighted by Crippen LogP contribution is -2.56. The number of hydrogen-bond acceptors (Lipinski definition) is 2. The molecule has 0 heterocycles. The van der Waals surface area contributed by atoms with Gasteiger partial charge in [0, 0.05) is 12.1 Å². The summed E-state index contributed by atoms with van der Waals surface area (Å²) < 4.78 is 0. The van der Waals surface area contributed by atoms with Crippen LogP contribution in [0.3, 0.4) is 0 Å². The fourth-order valence-corrected chi connectivity index (χ4v) is 2.92. The Morgan fingerprint density at radius 2 is 2.08 bits per heavy atom. The Morgan fingerprint density at radius 3 is 2.46 bits per heavy atom. The standard InChI is InChI=1S/C11H24N2/c1-4-10-7-5-6-8-11(10,9-12)13(2)3/h10H,4-9,12H2,1-3H3. The van der Waals surface area contributed by atoms with Crippen LogP contribution in [0, 0.1) is 5.92 Å². The minimum Gasteiger partial charge on any atom is -0.329 e. The maximum Gasteiger partial charge on any atom is 0.0353 e. The molecule has 0 spiro atoms. The van der Waals surface area contributed by atoms with Crippen LogP contribution in [-0.4, -0.2) is 31.1 Å². The van der Waals surface area contributed by atoms with E-state index < -0.39 is 0 Å². The van der Waals surface area contributed by atoms with Gasteiger partial charge >= 0.3 is 0 Å². The van der Waals surface area contributed by atoms with Gasteiger partial charge in [-0.1, -0.05) is 26.2 Å². The van der Waals surface area contributed by atoms with Crippen LogP contribution in [0.5, 0.6) is 0 Å². The first-order valence-electron chi connectivity index (χ1n) is 5.55. The molecule has 0 bridgehead atoms. The molecule has 0 aliphatic heterocycles. The summed E-state index contributed by atoms with van der Waals surface area (Å²) in [6, 6.07) is 0. The molecule has 2 N–H and O–H groups in total. The van der Waals surface area contributed by atoms with Gasteiger partial charge in [-0.2, -0.15) is 0 Å². The Balaban J connectivity index is 2.78. The first kappa shape index (κ1) is 11.0. The molecule has 1 saturated carbocycles. The van der Waals surface area contributed by atoms with Crippen molar-refractivity contribution < 1.29 is 0 Å². The molecular formula is C11H24N2. The predicted molar refractivity (Wildman–Crippen MR) is 57.7 cm³/mol. The molecule has 1 rings (SSSR count). The summed E-state index contributed by atoms with van der Waals surface area (Å²) >= 11 is 0. The van der Waals surface area contributed by atoms with Crippen molar-refractivity contribution in [2.24, 2.45) is 11.7 Å². The minimum atomic E-state index is 0.299. The van der Waals surface area contributed by atoms with E-state index in [2.05, 4.69) is 25.9 Å². The van der Waals surface area contributed by atoms with Crippen LogP contribution < -0.4 is 5.73 Å². The molecule has 78 valence electrons. The molecule has 2 nitrogen and oxygen atoms in total. The third-order valence-corrected chi connectivity index (χ3v) is 3.91. The minimum absolute atomic E-state index is 0.299. The summed E-state index contributed by atoms with van der Waals surface area (Å²) in [4.78, 5) is 2.36. The van der Waals surface area contributed by atoms with Crippen molar-refractivity contribution in [1.29, 1.82) is 0 Å². The van der Waals surface area contributed by atoms with Crippen molar-refractivity contribution >= 4 is 0 Å². The predicted octanol–water partition coefficient (Wildman–Crippen LogP) is 1.85. The van der Waals surface area contributed by atoms with E-state index in [0.717, 1.165) is 12.5 Å². The molecule has 1 aliphatic rings. The van der Waals surface area contributed by atoms with E-state index in [1.165, 1.54) is 32.1 Å². The molecule has 0 aromatic carbocycles. The van der Waals surface area contributed by atoms with Crippen molar-refractivity contribution in [3.8, 4) is 0 Å². The normalized spacial score (nSPS) is 35.3. The monoisotopic (exact) mass is 184 g/mol. The number of rotatable bonds is 3. The van der Waals surface area contributed by atoms with Gasteiger partial charge in [0.2, 0.25) is 0 Å². The summed E-state index contributed by atoms with van der Waals surface area (Å²) in [5, 5.41) is 0. The van der Waals surface area contributed by atoms with Gasteiger partial charge in [0.25, 0.3) is 0 Å². The molecule has 0 amide bonds. The highest BCUT2D eigenvalue weighted by molar-refractivity contribution is 4.97. The first-order valence-corrected chi connectivity index (χ1v) is 5.55. The molecule has 13 heavy (non-hydrogen) atoms. The highest BCUT2D eigenvalue weighted by Crippen LogP contribution is 2.38. The average Bonchev–Trinajstić information content (AvgIpc) is 2.17. The smallest absolute Gasteiger partial charge is 0.0353 e. The summed E-state index contributed by atoms with van der Waals surface area (Å²) in [6.45, 7) is 3.11. The van der Waals surface area contributed by atoms with Crippen molar-refractivity contribution in [2.45, 2.75) is 44.6 Å². The fourth-order valence-electron chi connectivity index (χ4n) is 2.92. The van der Waals surface area contributed by atoms with E-state index >= 15 is 0 Å². The Bertz CT molecular complexity index is 156. The summed E-state index contributed by atoms with van der Waals surface area (Å²) in [5.41, 5.74) is 6.26. The molecule has 1 aliphatic carbocycles. The Labute approximate surface area is 82.5 Å². The van der Waals surface area contributed by atoms with E-state index in [-0.39, 0.29) is 0 Å². The lowest BCUT2D eigenvalue weighted by Gasteiger charge is -2.48. The molecule has 2 unspecified atom stereocenters. The third-order valence-electron chi connectivity index (χ3n) is 3.91. The van der Waals surface area contributed by atoms with Crippen LogP contribution >= 0.6 is 0 Å². The molecular weight excluding hydrogens is 160 g/mol. The third kappa shape index (κ3) is 1.89. The highest BCUT2D eigenvalue weighted by atomic mass is 15.2. The lowest BCUT2D eigenvalue weighted by atomic mass is 9.70. The van der Waals surface area contributed by atoms with Crippen molar-refractivity contribution in [1.82, 2.24) is 4.90 Å². The highest BCUT2D eigenvalue weighted by Gasteiger charge is 2.40. The van der Waals surface area contributed by atoms with Gasteiger partial charge in [-0.3, -0.25) is 0 Å². The van der Waals surface area contributed by atoms with Gasteiger partial charge < -0.3 is 10.6 Å². The van der Waals surface area contributed by atoms with Crippen LogP contribution in [-0.2, 0) is 0 Å². The van der Waals surface area contributed by atoms with E-state index in [4.69, 9.17) is 5.73 Å². The van der Waals surface area contributed by atoms with E-state index in [9.17, 15) is 0 Å². The maximum atomic E-state index is 5.96. The molecule has 1 fully saturated rings. The van der Waals surface area contributed by atoms with Crippen LogP contribution in [0.2, 0.25) is 0 Å². The summed E-state index contributed by atoms with van der Waals surface area (Å²) in [6.07, 6.45) is 6.68. The Hall–Kier alpha value is -0.0800. The zero-order valence-corrected chi connectivity index (χ0v) is 9.34. The van der Waals surface area contributed by atoms with Gasteiger partial charge in [-0.05, 0) is 32.9 Å². The number of likely N-dealkylation sites (N-methyl/N-ethyl adjacent to an activating group) is 1. The van der Waals surface area contributed by atoms with Crippen molar-refractivity contribution in [2.75, 3.05) is 20.6 Å². The molecule has 0 saturated heterocycles. The van der Waals surface area contributed by atoms with Crippen LogP contribution in [0.15, 0.2) is 0 Å². The number of nitrogens with two attached hydrogens (primary N) is 1. The van der Waals surface area contributed by atoms with Crippen molar-refractivity contribution in [3.63, 3.8) is 0 Å². The maximum absolute atomic E-state index is 5.96. The quantitative estimate of drug-likeness (QED) is 0.725. The summed E-state index contributed by atoms with van der Waals surface area (Å²) in [5.74, 6) is 0.807. The lowest BCUT2D eigenvalue weighted by molar-refractivity contribution is 0.0427. The van der Waals surface area contributed by atoms with Gasteiger partial charge in [0.15, 0.2) is 0 Å². The SMILES string of the molecule is CCC1CCCCC1(CN)N(C)C. The second kappa shape index (κ2) is 4.43. The van der Waals surface area contributed by atoms with Gasteiger partial charge in [0.1, 0.15) is 0 Å².